The number of carbonyl (C=O) groups excluding carboxylic acids is 3. The molecule has 3 rings (SSSR count). The number of benzene rings is 1. The van der Waals surface area contributed by atoms with Crippen LogP contribution >= 0.6 is 0 Å². The molecule has 2 aliphatic rings. The Bertz CT molecular complexity index is 721. The van der Waals surface area contributed by atoms with Gasteiger partial charge in [-0.05, 0) is 50.7 Å². The Balaban J connectivity index is 1.55. The number of nitrogens with one attached hydrogen (secondary N) is 2. The number of hydrogen-bond donors (Lipinski definition) is 3. The Morgan fingerprint density at radius 3 is 2.43 bits per heavy atom. The first-order valence-electron chi connectivity index (χ1n) is 10.1. The van der Waals surface area contributed by atoms with Crippen LogP contribution in [0.1, 0.15) is 68.1 Å². The molecule has 0 radical (unpaired) electrons. The summed E-state index contributed by atoms with van der Waals surface area (Å²) in [5.74, 6) is -1.53. The van der Waals surface area contributed by atoms with Crippen LogP contribution in [0.5, 0.6) is 0 Å². The number of hydrogen-bond acceptors (Lipinski definition) is 5. The van der Waals surface area contributed by atoms with Crippen molar-refractivity contribution in [2.75, 3.05) is 11.9 Å². The second kappa shape index (κ2) is 9.19. The lowest BCUT2D eigenvalue weighted by Gasteiger charge is -2.29. The van der Waals surface area contributed by atoms with E-state index in [-0.39, 0.29) is 11.9 Å². The average Bonchev–Trinajstić information content (AvgIpc) is 3.20. The van der Waals surface area contributed by atoms with Crippen molar-refractivity contribution in [2.45, 2.75) is 69.4 Å². The van der Waals surface area contributed by atoms with Gasteiger partial charge in [0.05, 0.1) is 11.3 Å². The summed E-state index contributed by atoms with van der Waals surface area (Å²) >= 11 is 0. The molecular weight excluding hydrogens is 360 g/mol. The van der Waals surface area contributed by atoms with Crippen LogP contribution in [-0.2, 0) is 14.3 Å². The van der Waals surface area contributed by atoms with E-state index in [1.165, 1.54) is 0 Å². The van der Waals surface area contributed by atoms with E-state index in [1.807, 2.05) is 0 Å². The van der Waals surface area contributed by atoms with Gasteiger partial charge in [-0.1, -0.05) is 31.4 Å². The third-order valence-electron chi connectivity index (χ3n) is 5.53. The number of para-hydroxylation sites is 1. The Morgan fingerprint density at radius 1 is 1.04 bits per heavy atom. The highest BCUT2D eigenvalue weighted by atomic mass is 16.6. The topological polar surface area (TPSA) is 105 Å². The largest absolute Gasteiger partial charge is 0.453 e. The van der Waals surface area contributed by atoms with Crippen LogP contribution in [0.2, 0.25) is 0 Å². The van der Waals surface area contributed by atoms with E-state index in [2.05, 4.69) is 10.6 Å². The molecule has 2 saturated carbocycles. The minimum Gasteiger partial charge on any atom is -0.453 e. The molecule has 2 amide bonds. The lowest BCUT2D eigenvalue weighted by molar-refractivity contribution is -0.170. The monoisotopic (exact) mass is 388 g/mol. The Labute approximate surface area is 164 Å². The molecule has 152 valence electrons. The second-order valence-corrected chi connectivity index (χ2v) is 7.72. The summed E-state index contributed by atoms with van der Waals surface area (Å²) in [4.78, 5) is 36.9. The van der Waals surface area contributed by atoms with Crippen molar-refractivity contribution in [1.82, 2.24) is 5.32 Å². The maximum atomic E-state index is 12.5. The fourth-order valence-electron chi connectivity index (χ4n) is 3.92. The Hall–Kier alpha value is -2.41. The molecule has 0 saturated heterocycles. The standard InChI is InChI=1S/C21H28N2O5/c24-18(14-28-20(26)21(27)12-6-1-7-13-21)23-17-11-5-4-10-16(17)19(25)22-15-8-2-3-9-15/h4-5,10-11,15,27H,1-3,6-9,12-14H2,(H,22,25)(H,23,24). The summed E-state index contributed by atoms with van der Waals surface area (Å²) in [6.45, 7) is -0.500. The van der Waals surface area contributed by atoms with Crippen LogP contribution in [0.3, 0.4) is 0 Å². The zero-order valence-electron chi connectivity index (χ0n) is 16.0. The molecule has 0 atom stereocenters. The molecular formula is C21H28N2O5. The minimum atomic E-state index is -1.49. The maximum Gasteiger partial charge on any atom is 0.338 e. The van der Waals surface area contributed by atoms with Crippen LogP contribution in [0.15, 0.2) is 24.3 Å². The van der Waals surface area contributed by atoms with Crippen molar-refractivity contribution in [1.29, 1.82) is 0 Å². The fourth-order valence-corrected chi connectivity index (χ4v) is 3.92. The summed E-state index contributed by atoms with van der Waals surface area (Å²) in [6, 6.07) is 6.92. The number of carbonyl (C=O) groups is 3. The molecule has 0 bridgehead atoms. The van der Waals surface area contributed by atoms with E-state index in [1.54, 1.807) is 24.3 Å². The molecule has 3 N–H and O–H groups in total. The Kier molecular flexibility index (Phi) is 6.67. The van der Waals surface area contributed by atoms with Crippen molar-refractivity contribution in [3.05, 3.63) is 29.8 Å². The average molecular weight is 388 g/mol. The number of rotatable bonds is 6. The van der Waals surface area contributed by atoms with Gasteiger partial charge in [0.15, 0.2) is 12.2 Å². The predicted octanol–water partition coefficient (Wildman–Crippen LogP) is 2.54. The van der Waals surface area contributed by atoms with E-state index in [0.29, 0.717) is 24.1 Å². The molecule has 1 aromatic carbocycles. The highest BCUT2D eigenvalue weighted by molar-refractivity contribution is 6.04. The number of amides is 2. The van der Waals surface area contributed by atoms with Crippen molar-refractivity contribution in [2.24, 2.45) is 0 Å². The van der Waals surface area contributed by atoms with Gasteiger partial charge in [-0.25, -0.2) is 4.79 Å². The van der Waals surface area contributed by atoms with Crippen LogP contribution < -0.4 is 10.6 Å². The molecule has 28 heavy (non-hydrogen) atoms. The van der Waals surface area contributed by atoms with Crippen LogP contribution in [-0.4, -0.2) is 41.1 Å². The highest BCUT2D eigenvalue weighted by Crippen LogP contribution is 2.29. The molecule has 0 spiro atoms. The first kappa shape index (κ1) is 20.3. The lowest BCUT2D eigenvalue weighted by atomic mass is 9.85. The van der Waals surface area contributed by atoms with E-state index in [0.717, 1.165) is 44.9 Å². The van der Waals surface area contributed by atoms with E-state index < -0.39 is 24.1 Å². The van der Waals surface area contributed by atoms with Gasteiger partial charge in [-0.2, -0.15) is 0 Å². The van der Waals surface area contributed by atoms with Crippen molar-refractivity contribution < 1.29 is 24.2 Å². The van der Waals surface area contributed by atoms with Crippen molar-refractivity contribution in [3.63, 3.8) is 0 Å². The van der Waals surface area contributed by atoms with Crippen LogP contribution in [0, 0.1) is 0 Å². The first-order valence-corrected chi connectivity index (χ1v) is 10.1. The van der Waals surface area contributed by atoms with Gasteiger partial charge < -0.3 is 20.5 Å². The molecule has 7 heteroatoms. The van der Waals surface area contributed by atoms with Crippen molar-refractivity contribution >= 4 is 23.5 Å². The SMILES string of the molecule is O=C(COC(=O)C1(O)CCCCC1)Nc1ccccc1C(=O)NC1CCCC1. The summed E-state index contributed by atoms with van der Waals surface area (Å²) in [5, 5.41) is 16.0. The number of anilines is 1. The quantitative estimate of drug-likeness (QED) is 0.650. The third kappa shape index (κ3) is 5.10. The first-order chi connectivity index (χ1) is 13.5. The minimum absolute atomic E-state index is 0.174. The predicted molar refractivity (Wildman–Crippen MR) is 104 cm³/mol. The normalized spacial score (nSPS) is 19.0. The molecule has 0 aromatic heterocycles. The summed E-state index contributed by atoms with van der Waals surface area (Å²) in [6.07, 6.45) is 7.40. The maximum absolute atomic E-state index is 12.5. The van der Waals surface area contributed by atoms with Gasteiger partial charge in [0.25, 0.3) is 11.8 Å². The van der Waals surface area contributed by atoms with Crippen LogP contribution in [0.4, 0.5) is 5.69 Å². The fraction of sp³-hybridized carbons (Fsp3) is 0.571. The molecule has 1 aromatic rings. The summed E-state index contributed by atoms with van der Waals surface area (Å²) in [5.41, 5.74) is -0.743. The number of esters is 1. The van der Waals surface area contributed by atoms with Gasteiger partial charge in [0.2, 0.25) is 0 Å². The van der Waals surface area contributed by atoms with Gasteiger partial charge in [-0.15, -0.1) is 0 Å². The zero-order valence-corrected chi connectivity index (χ0v) is 16.0. The number of aliphatic hydroxyl groups is 1. The van der Waals surface area contributed by atoms with Gasteiger partial charge in [0, 0.05) is 6.04 Å². The van der Waals surface area contributed by atoms with E-state index in [9.17, 15) is 19.5 Å². The van der Waals surface area contributed by atoms with Gasteiger partial charge in [-0.3, -0.25) is 9.59 Å². The molecule has 7 nitrogen and oxygen atoms in total. The number of ether oxygens (including phenoxy) is 1. The molecule has 2 aliphatic carbocycles. The summed E-state index contributed by atoms with van der Waals surface area (Å²) < 4.78 is 5.02. The molecule has 0 aliphatic heterocycles. The molecule has 0 heterocycles. The molecule has 0 unspecified atom stereocenters. The third-order valence-corrected chi connectivity index (χ3v) is 5.53. The smallest absolute Gasteiger partial charge is 0.338 e. The van der Waals surface area contributed by atoms with E-state index >= 15 is 0 Å². The van der Waals surface area contributed by atoms with E-state index in [4.69, 9.17) is 4.74 Å². The Morgan fingerprint density at radius 2 is 1.71 bits per heavy atom. The van der Waals surface area contributed by atoms with Crippen LogP contribution in [0.25, 0.3) is 0 Å². The second-order valence-electron chi connectivity index (χ2n) is 7.72. The summed E-state index contributed by atoms with van der Waals surface area (Å²) in [7, 11) is 0. The zero-order chi connectivity index (χ0) is 20.0. The van der Waals surface area contributed by atoms with Crippen molar-refractivity contribution in [3.8, 4) is 0 Å². The highest BCUT2D eigenvalue weighted by Gasteiger charge is 2.38. The lowest BCUT2D eigenvalue weighted by Crippen LogP contribution is -2.42. The van der Waals surface area contributed by atoms with Gasteiger partial charge >= 0.3 is 5.97 Å². The molecule has 2 fully saturated rings. The van der Waals surface area contributed by atoms with Gasteiger partial charge in [0.1, 0.15) is 0 Å².